The number of para-hydroxylation sites is 1. The van der Waals surface area contributed by atoms with Crippen molar-refractivity contribution in [2.75, 3.05) is 7.05 Å². The molecule has 0 aromatic heterocycles. The van der Waals surface area contributed by atoms with Gasteiger partial charge in [-0.2, -0.15) is 0 Å². The first-order valence-electron chi connectivity index (χ1n) is 4.71. The van der Waals surface area contributed by atoms with Crippen LogP contribution in [-0.4, -0.2) is 19.4 Å². The molecule has 4 nitrogen and oxygen atoms in total. The maximum atomic E-state index is 12.1. The monoisotopic (exact) mass is 248 g/mol. The Labute approximate surface area is 95.8 Å². The maximum absolute atomic E-state index is 12.1. The number of nitrogens with one attached hydrogen (secondary N) is 2. The van der Waals surface area contributed by atoms with E-state index in [0.29, 0.717) is 0 Å². The van der Waals surface area contributed by atoms with Crippen LogP contribution in [0.4, 0.5) is 18.0 Å². The molecular weight excluding hydrogens is 237 g/mol. The van der Waals surface area contributed by atoms with Crippen LogP contribution in [0.25, 0.3) is 0 Å². The highest BCUT2D eigenvalue weighted by Crippen LogP contribution is 2.25. The van der Waals surface area contributed by atoms with Gasteiger partial charge in [0.15, 0.2) is 0 Å². The lowest BCUT2D eigenvalue weighted by molar-refractivity contribution is -0.274. The number of halogens is 3. The summed E-state index contributed by atoms with van der Waals surface area (Å²) in [5.74, 6) is -0.323. The molecule has 1 rings (SSSR count). The second-order valence-electron chi connectivity index (χ2n) is 3.09. The van der Waals surface area contributed by atoms with Crippen LogP contribution in [0, 0.1) is 0 Å². The first-order valence-corrected chi connectivity index (χ1v) is 4.71. The van der Waals surface area contributed by atoms with Crippen LogP contribution in [0.5, 0.6) is 5.75 Å². The van der Waals surface area contributed by atoms with E-state index in [0.717, 1.165) is 0 Å². The van der Waals surface area contributed by atoms with Gasteiger partial charge >= 0.3 is 12.4 Å². The first-order chi connectivity index (χ1) is 7.92. The molecule has 0 aliphatic heterocycles. The zero-order valence-electron chi connectivity index (χ0n) is 8.97. The Bertz CT molecular complexity index is 393. The Morgan fingerprint density at radius 3 is 2.59 bits per heavy atom. The molecule has 2 amide bonds. The van der Waals surface area contributed by atoms with Crippen molar-refractivity contribution in [3.63, 3.8) is 0 Å². The van der Waals surface area contributed by atoms with Crippen LogP contribution in [0.2, 0.25) is 0 Å². The van der Waals surface area contributed by atoms with E-state index in [1.807, 2.05) is 0 Å². The molecule has 0 unspecified atom stereocenters. The molecule has 2 N–H and O–H groups in total. The summed E-state index contributed by atoms with van der Waals surface area (Å²) in [6.07, 6.45) is -4.75. The van der Waals surface area contributed by atoms with Crippen LogP contribution >= 0.6 is 0 Å². The number of carbonyl (C=O) groups excluding carboxylic acids is 1. The number of amides is 2. The minimum atomic E-state index is -4.75. The Kier molecular flexibility index (Phi) is 4.19. The van der Waals surface area contributed by atoms with Gasteiger partial charge in [-0.05, 0) is 6.07 Å². The lowest BCUT2D eigenvalue weighted by Gasteiger charge is -2.13. The smallest absolute Gasteiger partial charge is 0.405 e. The van der Waals surface area contributed by atoms with Crippen molar-refractivity contribution < 1.29 is 22.7 Å². The van der Waals surface area contributed by atoms with Gasteiger partial charge in [-0.25, -0.2) is 4.79 Å². The topological polar surface area (TPSA) is 50.4 Å². The standard InChI is InChI=1S/C10H11F3N2O2/c1-14-9(16)15-6-7-4-2-3-5-8(7)17-10(11,12)13/h2-5H,6H2,1H3,(H2,14,15,16). The molecule has 0 fully saturated rings. The predicted octanol–water partition coefficient (Wildman–Crippen LogP) is 2.01. The first kappa shape index (κ1) is 13.1. The summed E-state index contributed by atoms with van der Waals surface area (Å²) in [7, 11) is 1.41. The number of alkyl halides is 3. The van der Waals surface area contributed by atoms with Gasteiger partial charge in [-0.1, -0.05) is 18.2 Å². The van der Waals surface area contributed by atoms with Gasteiger partial charge in [0.05, 0.1) is 0 Å². The Balaban J connectivity index is 2.74. The molecule has 0 bridgehead atoms. The fourth-order valence-electron chi connectivity index (χ4n) is 1.14. The van der Waals surface area contributed by atoms with E-state index in [9.17, 15) is 18.0 Å². The van der Waals surface area contributed by atoms with Crippen molar-refractivity contribution in [1.29, 1.82) is 0 Å². The van der Waals surface area contributed by atoms with E-state index in [2.05, 4.69) is 15.4 Å². The minimum Gasteiger partial charge on any atom is -0.405 e. The van der Waals surface area contributed by atoms with Crippen LogP contribution in [0.1, 0.15) is 5.56 Å². The lowest BCUT2D eigenvalue weighted by Crippen LogP contribution is -2.32. The number of ether oxygens (including phenoxy) is 1. The largest absolute Gasteiger partial charge is 0.573 e. The Morgan fingerprint density at radius 1 is 1.35 bits per heavy atom. The summed E-state index contributed by atoms with van der Waals surface area (Å²) in [4.78, 5) is 10.9. The molecule has 0 saturated heterocycles. The molecule has 0 heterocycles. The third-order valence-corrected chi connectivity index (χ3v) is 1.86. The van der Waals surface area contributed by atoms with Crippen LogP contribution in [-0.2, 0) is 6.54 Å². The molecule has 1 aromatic rings. The molecule has 0 radical (unpaired) electrons. The van der Waals surface area contributed by atoms with Crippen molar-refractivity contribution >= 4 is 6.03 Å². The fraction of sp³-hybridized carbons (Fsp3) is 0.300. The van der Waals surface area contributed by atoms with Crippen molar-refractivity contribution in [2.45, 2.75) is 12.9 Å². The molecule has 17 heavy (non-hydrogen) atoms. The summed E-state index contributed by atoms with van der Waals surface area (Å²) in [5.41, 5.74) is 0.244. The van der Waals surface area contributed by atoms with Gasteiger partial charge in [0, 0.05) is 19.2 Å². The average Bonchev–Trinajstić information content (AvgIpc) is 2.25. The van der Waals surface area contributed by atoms with Crippen LogP contribution in [0.15, 0.2) is 24.3 Å². The highest BCUT2D eigenvalue weighted by Gasteiger charge is 2.31. The van der Waals surface area contributed by atoms with Crippen molar-refractivity contribution in [3.05, 3.63) is 29.8 Å². The molecule has 7 heteroatoms. The van der Waals surface area contributed by atoms with Gasteiger partial charge in [-0.3, -0.25) is 0 Å². The summed E-state index contributed by atoms with van der Waals surface area (Å²) >= 11 is 0. The van der Waals surface area contributed by atoms with Crippen molar-refractivity contribution in [3.8, 4) is 5.75 Å². The number of benzene rings is 1. The summed E-state index contributed by atoms with van der Waals surface area (Å²) in [6.45, 7) is -0.0497. The number of hydrogen-bond donors (Lipinski definition) is 2. The molecular formula is C10H11F3N2O2. The van der Waals surface area contributed by atoms with Gasteiger partial charge in [0.25, 0.3) is 0 Å². The third kappa shape index (κ3) is 4.62. The number of urea groups is 1. The van der Waals surface area contributed by atoms with Crippen molar-refractivity contribution in [2.24, 2.45) is 0 Å². The van der Waals surface area contributed by atoms with E-state index < -0.39 is 12.4 Å². The number of carbonyl (C=O) groups is 1. The summed E-state index contributed by atoms with van der Waals surface area (Å²) in [6, 6.07) is 5.13. The predicted molar refractivity (Wildman–Crippen MR) is 54.4 cm³/mol. The van der Waals surface area contributed by atoms with Gasteiger partial charge in [0.1, 0.15) is 5.75 Å². The third-order valence-electron chi connectivity index (χ3n) is 1.86. The van der Waals surface area contributed by atoms with Gasteiger partial charge in [-0.15, -0.1) is 13.2 Å². The number of hydrogen-bond acceptors (Lipinski definition) is 2. The minimum absolute atomic E-state index is 0.0497. The van der Waals surface area contributed by atoms with Gasteiger partial charge < -0.3 is 15.4 Å². The Morgan fingerprint density at radius 2 is 2.00 bits per heavy atom. The second-order valence-corrected chi connectivity index (χ2v) is 3.09. The highest BCUT2D eigenvalue weighted by atomic mass is 19.4. The van der Waals surface area contributed by atoms with E-state index in [4.69, 9.17) is 0 Å². The number of rotatable bonds is 3. The zero-order valence-corrected chi connectivity index (χ0v) is 8.97. The molecule has 0 saturated carbocycles. The summed E-state index contributed by atoms with van der Waals surface area (Å²) < 4.78 is 40.0. The molecule has 1 aromatic carbocycles. The SMILES string of the molecule is CNC(=O)NCc1ccccc1OC(F)(F)F. The van der Waals surface area contributed by atoms with E-state index >= 15 is 0 Å². The quantitative estimate of drug-likeness (QED) is 0.859. The van der Waals surface area contributed by atoms with Gasteiger partial charge in [0.2, 0.25) is 0 Å². The van der Waals surface area contributed by atoms with Crippen LogP contribution in [0.3, 0.4) is 0 Å². The average molecular weight is 248 g/mol. The summed E-state index contributed by atoms with van der Waals surface area (Å²) in [5, 5.41) is 4.67. The molecule has 0 spiro atoms. The van der Waals surface area contributed by atoms with E-state index in [1.54, 1.807) is 6.07 Å². The van der Waals surface area contributed by atoms with E-state index in [1.165, 1.54) is 25.2 Å². The maximum Gasteiger partial charge on any atom is 0.573 e. The Hall–Kier alpha value is -1.92. The van der Waals surface area contributed by atoms with Crippen molar-refractivity contribution in [1.82, 2.24) is 10.6 Å². The molecule has 0 aliphatic carbocycles. The highest BCUT2D eigenvalue weighted by molar-refractivity contribution is 5.73. The van der Waals surface area contributed by atoms with E-state index in [-0.39, 0.29) is 17.9 Å². The zero-order chi connectivity index (χ0) is 12.9. The normalized spacial score (nSPS) is 10.8. The second kappa shape index (κ2) is 5.42. The molecule has 94 valence electrons. The molecule has 0 aliphatic rings. The van der Waals surface area contributed by atoms with Crippen LogP contribution < -0.4 is 15.4 Å². The lowest BCUT2D eigenvalue weighted by atomic mass is 10.2. The molecule has 0 atom stereocenters. The fourth-order valence-corrected chi connectivity index (χ4v) is 1.14.